The Kier molecular flexibility index (Phi) is 2.75. The highest BCUT2D eigenvalue weighted by atomic mass is 16.1. The van der Waals surface area contributed by atoms with E-state index in [4.69, 9.17) is 0 Å². The summed E-state index contributed by atoms with van der Waals surface area (Å²) in [6.07, 6.45) is 5.88. The number of carbonyl (C=O) groups is 1. The molecular formula is C12H22N2O. The van der Waals surface area contributed by atoms with E-state index in [1.54, 1.807) is 0 Å². The molecule has 0 aromatic carbocycles. The molecule has 2 bridgehead atoms. The second-order valence-corrected chi connectivity index (χ2v) is 5.95. The summed E-state index contributed by atoms with van der Waals surface area (Å²) >= 11 is 0. The summed E-state index contributed by atoms with van der Waals surface area (Å²) in [5.41, 5.74) is -0.0385. The van der Waals surface area contributed by atoms with Crippen molar-refractivity contribution in [3.8, 4) is 0 Å². The summed E-state index contributed by atoms with van der Waals surface area (Å²) in [6, 6.07) is 1.75. The molecule has 2 saturated heterocycles. The van der Waals surface area contributed by atoms with E-state index in [9.17, 15) is 4.79 Å². The lowest BCUT2D eigenvalue weighted by atomic mass is 9.94. The van der Waals surface area contributed by atoms with E-state index in [2.05, 4.69) is 26.1 Å². The number of hydrogen-bond acceptors (Lipinski definition) is 2. The number of nitrogens with one attached hydrogen (secondary N) is 1. The van der Waals surface area contributed by atoms with Crippen LogP contribution in [0.2, 0.25) is 0 Å². The molecule has 2 aliphatic heterocycles. The van der Waals surface area contributed by atoms with Crippen molar-refractivity contribution in [2.24, 2.45) is 0 Å². The third-order valence-corrected chi connectivity index (χ3v) is 3.73. The van der Waals surface area contributed by atoms with E-state index >= 15 is 0 Å². The molecule has 2 aliphatic rings. The highest BCUT2D eigenvalue weighted by Gasteiger charge is 2.38. The molecule has 0 aromatic rings. The van der Waals surface area contributed by atoms with Gasteiger partial charge in [0.05, 0.1) is 0 Å². The summed E-state index contributed by atoms with van der Waals surface area (Å²) in [5.74, 6) is 0. The molecule has 0 aliphatic carbocycles. The van der Waals surface area contributed by atoms with Gasteiger partial charge in [-0.15, -0.1) is 0 Å². The van der Waals surface area contributed by atoms with Gasteiger partial charge in [-0.25, -0.2) is 0 Å². The van der Waals surface area contributed by atoms with Gasteiger partial charge in [-0.2, -0.15) is 0 Å². The first kappa shape index (κ1) is 10.9. The van der Waals surface area contributed by atoms with Crippen LogP contribution in [-0.4, -0.2) is 35.0 Å². The molecule has 86 valence electrons. The van der Waals surface area contributed by atoms with E-state index in [0.717, 1.165) is 19.3 Å². The van der Waals surface area contributed by atoms with Crippen LogP contribution in [0.25, 0.3) is 0 Å². The average molecular weight is 210 g/mol. The minimum absolute atomic E-state index is 0.0385. The first-order valence-corrected chi connectivity index (χ1v) is 6.00. The summed E-state index contributed by atoms with van der Waals surface area (Å²) in [7, 11) is 0. The van der Waals surface area contributed by atoms with Gasteiger partial charge in [-0.05, 0) is 46.5 Å². The summed E-state index contributed by atoms with van der Waals surface area (Å²) in [5, 5.41) is 3.61. The van der Waals surface area contributed by atoms with Crippen molar-refractivity contribution in [2.75, 3.05) is 0 Å². The Labute approximate surface area is 92.2 Å². The SMILES string of the molecule is CC(C)(C)N(C=O)C1CC2CCC(C1)N2. The molecule has 3 nitrogen and oxygen atoms in total. The fourth-order valence-corrected chi connectivity index (χ4v) is 3.05. The quantitative estimate of drug-likeness (QED) is 0.701. The largest absolute Gasteiger partial charge is 0.337 e. The maximum Gasteiger partial charge on any atom is 0.210 e. The van der Waals surface area contributed by atoms with E-state index in [-0.39, 0.29) is 5.54 Å². The lowest BCUT2D eigenvalue weighted by molar-refractivity contribution is -0.126. The zero-order chi connectivity index (χ0) is 11.1. The van der Waals surface area contributed by atoms with Gasteiger partial charge in [-0.3, -0.25) is 4.79 Å². The average Bonchev–Trinajstić information content (AvgIpc) is 2.44. The van der Waals surface area contributed by atoms with Crippen molar-refractivity contribution in [1.82, 2.24) is 10.2 Å². The number of rotatable bonds is 2. The molecule has 0 spiro atoms. The predicted molar refractivity (Wildman–Crippen MR) is 60.6 cm³/mol. The Bertz CT molecular complexity index is 234. The van der Waals surface area contributed by atoms with Gasteiger partial charge in [0, 0.05) is 23.7 Å². The van der Waals surface area contributed by atoms with Crippen molar-refractivity contribution in [2.45, 2.75) is 70.1 Å². The van der Waals surface area contributed by atoms with Crippen molar-refractivity contribution < 1.29 is 4.79 Å². The number of nitrogens with zero attached hydrogens (tertiary/aromatic N) is 1. The van der Waals surface area contributed by atoms with Crippen LogP contribution in [-0.2, 0) is 4.79 Å². The van der Waals surface area contributed by atoms with Crippen molar-refractivity contribution in [3.63, 3.8) is 0 Å². The molecule has 0 radical (unpaired) electrons. The number of fused-ring (bicyclic) bond motifs is 2. The maximum absolute atomic E-state index is 11.2. The zero-order valence-corrected chi connectivity index (χ0v) is 9.99. The molecule has 0 saturated carbocycles. The lowest BCUT2D eigenvalue weighted by Crippen LogP contribution is -2.53. The zero-order valence-electron chi connectivity index (χ0n) is 9.99. The lowest BCUT2D eigenvalue weighted by Gasteiger charge is -2.42. The second-order valence-electron chi connectivity index (χ2n) is 5.95. The molecule has 2 fully saturated rings. The monoisotopic (exact) mass is 210 g/mol. The Hall–Kier alpha value is -0.570. The standard InChI is InChI=1S/C12H22N2O/c1-12(2,3)14(8-15)11-6-9-4-5-10(7-11)13-9/h8-11,13H,4-7H2,1-3H3. The van der Waals surface area contributed by atoms with E-state index in [1.165, 1.54) is 12.8 Å². The van der Waals surface area contributed by atoms with Gasteiger partial charge in [0.1, 0.15) is 0 Å². The Balaban J connectivity index is 2.06. The van der Waals surface area contributed by atoms with Gasteiger partial charge >= 0.3 is 0 Å². The highest BCUT2D eigenvalue weighted by molar-refractivity contribution is 5.49. The first-order valence-electron chi connectivity index (χ1n) is 6.00. The van der Waals surface area contributed by atoms with Gasteiger partial charge in [0.2, 0.25) is 6.41 Å². The minimum atomic E-state index is -0.0385. The third kappa shape index (κ3) is 2.17. The number of hydrogen-bond donors (Lipinski definition) is 1. The first-order chi connectivity index (χ1) is 7.00. The third-order valence-electron chi connectivity index (χ3n) is 3.73. The topological polar surface area (TPSA) is 32.3 Å². The van der Waals surface area contributed by atoms with E-state index in [1.807, 2.05) is 4.90 Å². The fraction of sp³-hybridized carbons (Fsp3) is 0.917. The molecule has 2 heterocycles. The molecule has 2 unspecified atom stereocenters. The van der Waals surface area contributed by atoms with Crippen LogP contribution in [0.15, 0.2) is 0 Å². The number of carbonyl (C=O) groups excluding carboxylic acids is 1. The Morgan fingerprint density at radius 2 is 1.73 bits per heavy atom. The molecular weight excluding hydrogens is 188 g/mol. The molecule has 3 heteroatoms. The van der Waals surface area contributed by atoms with E-state index < -0.39 is 0 Å². The molecule has 15 heavy (non-hydrogen) atoms. The summed E-state index contributed by atoms with van der Waals surface area (Å²) in [4.78, 5) is 13.2. The highest BCUT2D eigenvalue weighted by Crippen LogP contribution is 2.31. The molecule has 2 atom stereocenters. The normalized spacial score (nSPS) is 35.3. The van der Waals surface area contributed by atoms with Crippen LogP contribution in [0.3, 0.4) is 0 Å². The Morgan fingerprint density at radius 3 is 2.13 bits per heavy atom. The van der Waals surface area contributed by atoms with Gasteiger partial charge in [0.25, 0.3) is 0 Å². The van der Waals surface area contributed by atoms with Gasteiger partial charge in [-0.1, -0.05) is 0 Å². The summed E-state index contributed by atoms with van der Waals surface area (Å²) < 4.78 is 0. The molecule has 1 N–H and O–H groups in total. The van der Waals surface area contributed by atoms with Crippen LogP contribution >= 0.6 is 0 Å². The maximum atomic E-state index is 11.2. The number of amides is 1. The minimum Gasteiger partial charge on any atom is -0.337 e. The van der Waals surface area contributed by atoms with Crippen LogP contribution in [0.4, 0.5) is 0 Å². The molecule has 1 amide bonds. The van der Waals surface area contributed by atoms with Crippen molar-refractivity contribution >= 4 is 6.41 Å². The predicted octanol–water partition coefficient (Wildman–Crippen LogP) is 1.53. The van der Waals surface area contributed by atoms with E-state index in [0.29, 0.717) is 18.1 Å². The Morgan fingerprint density at radius 1 is 1.20 bits per heavy atom. The van der Waals surface area contributed by atoms with Crippen LogP contribution in [0.5, 0.6) is 0 Å². The van der Waals surface area contributed by atoms with Crippen molar-refractivity contribution in [3.05, 3.63) is 0 Å². The molecule has 0 aromatic heterocycles. The second kappa shape index (κ2) is 3.78. The van der Waals surface area contributed by atoms with Crippen LogP contribution in [0.1, 0.15) is 46.5 Å². The smallest absolute Gasteiger partial charge is 0.210 e. The fourth-order valence-electron chi connectivity index (χ4n) is 3.05. The van der Waals surface area contributed by atoms with Crippen LogP contribution in [0, 0.1) is 0 Å². The van der Waals surface area contributed by atoms with Gasteiger partial charge < -0.3 is 10.2 Å². The number of piperidine rings is 1. The molecule has 2 rings (SSSR count). The van der Waals surface area contributed by atoms with Crippen LogP contribution < -0.4 is 5.32 Å². The summed E-state index contributed by atoms with van der Waals surface area (Å²) in [6.45, 7) is 6.35. The van der Waals surface area contributed by atoms with Gasteiger partial charge in [0.15, 0.2) is 0 Å². The van der Waals surface area contributed by atoms with Crippen molar-refractivity contribution in [1.29, 1.82) is 0 Å².